The first-order valence-corrected chi connectivity index (χ1v) is 7.52. The highest BCUT2D eigenvalue weighted by atomic mass is 35.5. The third-order valence-electron chi connectivity index (χ3n) is 3.31. The number of hydrogen-bond acceptors (Lipinski definition) is 4. The fourth-order valence-corrected chi connectivity index (χ4v) is 2.35. The molecule has 2 unspecified atom stereocenters. The molecule has 0 bridgehead atoms. The summed E-state index contributed by atoms with van der Waals surface area (Å²) in [4.78, 5) is 20.9. The van der Waals surface area contributed by atoms with E-state index in [1.165, 1.54) is 0 Å². The Hall–Kier alpha value is -1.10. The highest BCUT2D eigenvalue weighted by Crippen LogP contribution is 2.20. The van der Waals surface area contributed by atoms with Crippen LogP contribution in [0.25, 0.3) is 0 Å². The molecule has 0 radical (unpaired) electrons. The van der Waals surface area contributed by atoms with Gasteiger partial charge < -0.3 is 10.1 Å². The molecule has 1 aliphatic rings. The Morgan fingerprint density at radius 2 is 1.95 bits per heavy atom. The minimum absolute atomic E-state index is 0.0374. The summed E-state index contributed by atoms with van der Waals surface area (Å²) in [6.45, 7) is 4.08. The summed E-state index contributed by atoms with van der Waals surface area (Å²) in [7, 11) is 0. The van der Waals surface area contributed by atoms with Gasteiger partial charge in [-0.05, 0) is 36.0 Å². The van der Waals surface area contributed by atoms with Gasteiger partial charge in [0.2, 0.25) is 5.24 Å². The molecule has 2 rings (SSSR count). The third-order valence-corrected chi connectivity index (χ3v) is 3.70. The Bertz CT molecular complexity index is 453. The summed E-state index contributed by atoms with van der Waals surface area (Å²) in [6.07, 6.45) is 1.06. The Morgan fingerprint density at radius 1 is 1.29 bits per heavy atom. The summed E-state index contributed by atoms with van der Waals surface area (Å²) >= 11 is 10.3. The minimum Gasteiger partial charge on any atom is -0.449 e. The molecule has 4 nitrogen and oxygen atoms in total. The van der Waals surface area contributed by atoms with Crippen molar-refractivity contribution in [3.05, 3.63) is 35.9 Å². The van der Waals surface area contributed by atoms with E-state index in [4.69, 9.17) is 23.2 Å². The van der Waals surface area contributed by atoms with E-state index in [1.807, 2.05) is 30.3 Å². The van der Waals surface area contributed by atoms with Gasteiger partial charge in [0.25, 0.3) is 0 Å². The number of carbonyl (C=O) groups is 2. The molecule has 1 N–H and O–H groups in total. The number of benzene rings is 1. The van der Waals surface area contributed by atoms with Crippen LogP contribution < -0.4 is 5.32 Å². The van der Waals surface area contributed by atoms with E-state index in [2.05, 4.69) is 17.0 Å². The summed E-state index contributed by atoms with van der Waals surface area (Å²) in [6, 6.07) is 9.36. The van der Waals surface area contributed by atoms with E-state index in [9.17, 15) is 9.59 Å². The molecule has 1 saturated heterocycles. The number of hydrogen-bond donors (Lipinski definition) is 1. The molecule has 6 heteroatoms. The summed E-state index contributed by atoms with van der Waals surface area (Å²) in [5, 5.41) is 2.95. The maximum absolute atomic E-state index is 10.7. The molecule has 116 valence electrons. The monoisotopic (exact) mass is 331 g/mol. The highest BCUT2D eigenvalue weighted by molar-refractivity contribution is 6.64. The van der Waals surface area contributed by atoms with E-state index in [1.54, 1.807) is 0 Å². The van der Waals surface area contributed by atoms with Crippen molar-refractivity contribution >= 4 is 33.9 Å². The van der Waals surface area contributed by atoms with Crippen LogP contribution in [-0.2, 0) is 16.1 Å². The Kier molecular flexibility index (Phi) is 8.35. The quantitative estimate of drug-likeness (QED) is 0.860. The Balaban J connectivity index is 0.000000211. The van der Waals surface area contributed by atoms with Crippen molar-refractivity contribution in [1.82, 2.24) is 5.32 Å². The largest absolute Gasteiger partial charge is 0.449 e. The van der Waals surface area contributed by atoms with Crippen molar-refractivity contribution in [2.45, 2.75) is 20.0 Å². The molecule has 2 atom stereocenters. The summed E-state index contributed by atoms with van der Waals surface area (Å²) in [5.74, 6) is 0.488. The number of ether oxygens (including phenoxy) is 1. The van der Waals surface area contributed by atoms with Gasteiger partial charge in [0.1, 0.15) is 6.61 Å². The second-order valence-corrected chi connectivity index (χ2v) is 5.57. The maximum atomic E-state index is 10.7. The van der Waals surface area contributed by atoms with Crippen molar-refractivity contribution in [2.75, 3.05) is 13.1 Å². The molecular formula is C15H19Cl2NO3. The molecule has 0 saturated carbocycles. The molecule has 0 amide bonds. The van der Waals surface area contributed by atoms with Crippen LogP contribution in [-0.4, -0.2) is 23.8 Å². The van der Waals surface area contributed by atoms with Crippen LogP contribution >= 0.6 is 23.2 Å². The van der Waals surface area contributed by atoms with Gasteiger partial charge in [-0.25, -0.2) is 4.79 Å². The van der Waals surface area contributed by atoms with Gasteiger partial charge >= 0.3 is 5.43 Å². The molecular weight excluding hydrogens is 313 g/mol. The van der Waals surface area contributed by atoms with E-state index in [0.717, 1.165) is 25.1 Å². The first-order valence-electron chi connectivity index (χ1n) is 6.77. The molecule has 21 heavy (non-hydrogen) atoms. The van der Waals surface area contributed by atoms with Gasteiger partial charge in [0, 0.05) is 24.1 Å². The fourth-order valence-electron chi connectivity index (χ4n) is 2.01. The Morgan fingerprint density at radius 3 is 2.43 bits per heavy atom. The van der Waals surface area contributed by atoms with Crippen LogP contribution in [0.15, 0.2) is 30.3 Å². The van der Waals surface area contributed by atoms with Crippen LogP contribution in [0, 0.1) is 11.8 Å². The number of carbonyl (C=O) groups excluding carboxylic acids is 2. The van der Waals surface area contributed by atoms with Gasteiger partial charge in [-0.1, -0.05) is 37.3 Å². The highest BCUT2D eigenvalue weighted by Gasteiger charge is 2.25. The van der Waals surface area contributed by atoms with Crippen molar-refractivity contribution in [2.24, 2.45) is 11.8 Å². The van der Waals surface area contributed by atoms with Crippen LogP contribution in [0.4, 0.5) is 4.79 Å². The predicted octanol–water partition coefficient (Wildman–Crippen LogP) is 3.56. The van der Waals surface area contributed by atoms with E-state index >= 15 is 0 Å². The van der Waals surface area contributed by atoms with Crippen molar-refractivity contribution in [1.29, 1.82) is 0 Å². The van der Waals surface area contributed by atoms with Crippen LogP contribution in [0.5, 0.6) is 0 Å². The van der Waals surface area contributed by atoms with Crippen molar-refractivity contribution in [3.8, 4) is 0 Å². The molecule has 0 spiro atoms. The lowest BCUT2D eigenvalue weighted by Gasteiger charge is -2.26. The second kappa shape index (κ2) is 9.77. The number of piperidine rings is 1. The smallest absolute Gasteiger partial charge is 0.404 e. The van der Waals surface area contributed by atoms with Gasteiger partial charge in [0.05, 0.1) is 0 Å². The van der Waals surface area contributed by atoms with Gasteiger partial charge in [-0.15, -0.1) is 0 Å². The predicted molar refractivity (Wildman–Crippen MR) is 83.5 cm³/mol. The number of nitrogens with one attached hydrogen (secondary N) is 1. The average molecular weight is 332 g/mol. The number of halogens is 2. The Labute approximate surface area is 134 Å². The normalized spacial score (nSPS) is 20.9. The van der Waals surface area contributed by atoms with Gasteiger partial charge in [-0.3, -0.25) is 4.79 Å². The molecule has 0 aromatic heterocycles. The van der Waals surface area contributed by atoms with Crippen LogP contribution in [0.3, 0.4) is 0 Å². The van der Waals surface area contributed by atoms with E-state index in [-0.39, 0.29) is 17.8 Å². The second-order valence-electron chi connectivity index (χ2n) is 4.89. The standard InChI is InChI=1S/C8H7ClO2.C7H12ClNO/c9-8(10)11-6-7-4-2-1-3-5-7;1-5-2-3-9-4-6(5)7(8)10/h1-5H,6H2;5-6,9H,2-4H2,1H3. The van der Waals surface area contributed by atoms with Gasteiger partial charge in [-0.2, -0.15) is 0 Å². The lowest BCUT2D eigenvalue weighted by atomic mass is 9.89. The fraction of sp³-hybridized carbons (Fsp3) is 0.467. The first kappa shape index (κ1) is 18.0. The maximum Gasteiger partial charge on any atom is 0.404 e. The third kappa shape index (κ3) is 7.46. The van der Waals surface area contributed by atoms with Crippen molar-refractivity contribution in [3.63, 3.8) is 0 Å². The topological polar surface area (TPSA) is 55.4 Å². The molecule has 1 heterocycles. The molecule has 1 aromatic rings. The van der Waals surface area contributed by atoms with Gasteiger partial charge in [0.15, 0.2) is 0 Å². The SMILES string of the molecule is CC1CCNCC1C(=O)Cl.O=C(Cl)OCc1ccccc1. The van der Waals surface area contributed by atoms with E-state index in [0.29, 0.717) is 5.92 Å². The average Bonchev–Trinajstić information content (AvgIpc) is 2.47. The lowest BCUT2D eigenvalue weighted by Crippen LogP contribution is -2.38. The molecule has 1 aromatic carbocycles. The lowest BCUT2D eigenvalue weighted by molar-refractivity contribution is -0.116. The summed E-state index contributed by atoms with van der Waals surface area (Å²) < 4.78 is 4.55. The summed E-state index contributed by atoms with van der Waals surface area (Å²) in [5.41, 5.74) is 0.162. The molecule has 0 aliphatic carbocycles. The zero-order valence-electron chi connectivity index (χ0n) is 11.9. The first-order chi connectivity index (χ1) is 10.0. The van der Waals surface area contributed by atoms with Crippen LogP contribution in [0.1, 0.15) is 18.9 Å². The van der Waals surface area contributed by atoms with Crippen molar-refractivity contribution < 1.29 is 14.3 Å². The molecule has 1 aliphatic heterocycles. The zero-order chi connectivity index (χ0) is 15.7. The molecule has 1 fully saturated rings. The minimum atomic E-state index is -0.770. The van der Waals surface area contributed by atoms with Crippen LogP contribution in [0.2, 0.25) is 0 Å². The van der Waals surface area contributed by atoms with E-state index < -0.39 is 5.43 Å². The number of rotatable bonds is 3. The zero-order valence-corrected chi connectivity index (χ0v) is 13.4.